The van der Waals surface area contributed by atoms with E-state index in [1.165, 1.54) is 0 Å². The summed E-state index contributed by atoms with van der Waals surface area (Å²) in [7, 11) is -3.21. The van der Waals surface area contributed by atoms with Gasteiger partial charge in [-0.2, -0.15) is 22.0 Å². The van der Waals surface area contributed by atoms with Gasteiger partial charge in [-0.15, -0.1) is 0 Å². The molecule has 0 aliphatic rings. The normalized spacial score (nSPS) is 14.2. The summed E-state index contributed by atoms with van der Waals surface area (Å²) in [4.78, 5) is 0. The molecular weight excluding hydrogens is 332 g/mol. The molecule has 0 fully saturated rings. The average Bonchev–Trinajstić information content (AvgIpc) is 2.41. The van der Waals surface area contributed by atoms with Crippen molar-refractivity contribution in [3.63, 3.8) is 0 Å². The van der Waals surface area contributed by atoms with Gasteiger partial charge in [0.25, 0.3) is 0 Å². The van der Waals surface area contributed by atoms with Gasteiger partial charge in [0.15, 0.2) is 11.6 Å². The first kappa shape index (κ1) is 19.2. The van der Waals surface area contributed by atoms with Crippen molar-refractivity contribution in [1.29, 1.82) is 0 Å². The number of rotatable bonds is 7. The number of hydrogen-bond donors (Lipinski definition) is 0. The Kier molecular flexibility index (Phi) is 6.65. The second kappa shape index (κ2) is 7.62. The molecule has 0 bridgehead atoms. The molecule has 0 heterocycles. The van der Waals surface area contributed by atoms with Gasteiger partial charge in [0.2, 0.25) is 0 Å². The molecule has 1 aromatic rings. The van der Waals surface area contributed by atoms with Crippen LogP contribution in [0.2, 0.25) is 0 Å². The molecule has 1 unspecified atom stereocenters. The summed E-state index contributed by atoms with van der Waals surface area (Å²) in [5, 5.41) is -0.867. The van der Waals surface area contributed by atoms with Crippen LogP contribution in [0.25, 0.3) is 0 Å². The molecule has 0 saturated carbocycles. The van der Waals surface area contributed by atoms with Gasteiger partial charge in [0.05, 0.1) is 0 Å². The van der Waals surface area contributed by atoms with E-state index in [-0.39, 0.29) is 6.42 Å². The molecule has 0 nitrogen and oxygen atoms in total. The maximum Gasteiger partial charge on any atom is 0.457 e. The Hall–Kier alpha value is -0.840. The van der Waals surface area contributed by atoms with Crippen LogP contribution in [-0.4, -0.2) is 18.0 Å². The number of halogens is 7. The van der Waals surface area contributed by atoms with Gasteiger partial charge in [-0.05, 0) is 18.6 Å². The van der Waals surface area contributed by atoms with E-state index in [4.69, 9.17) is 0 Å². The van der Waals surface area contributed by atoms with Crippen molar-refractivity contribution in [2.75, 3.05) is 6.16 Å². The maximum absolute atomic E-state index is 13.7. The van der Waals surface area contributed by atoms with Crippen molar-refractivity contribution in [2.24, 2.45) is 0 Å². The SMILES string of the molecule is CCCCCCP(c1cccc(F)c1F)C(F)(F)C(F)(F)F. The van der Waals surface area contributed by atoms with Gasteiger partial charge in [-0.25, -0.2) is 8.78 Å². The van der Waals surface area contributed by atoms with Crippen LogP contribution in [0.5, 0.6) is 0 Å². The minimum Gasteiger partial charge on any atom is -0.204 e. The number of unbranched alkanes of at least 4 members (excludes halogenated alkanes) is 3. The maximum atomic E-state index is 13.7. The first-order valence-electron chi connectivity index (χ1n) is 6.79. The molecule has 22 heavy (non-hydrogen) atoms. The van der Waals surface area contributed by atoms with E-state index in [1.54, 1.807) is 0 Å². The zero-order valence-corrected chi connectivity index (χ0v) is 12.8. The van der Waals surface area contributed by atoms with Crippen LogP contribution in [0, 0.1) is 11.6 Å². The van der Waals surface area contributed by atoms with Crippen molar-refractivity contribution < 1.29 is 30.7 Å². The quantitative estimate of drug-likeness (QED) is 0.331. The smallest absolute Gasteiger partial charge is 0.204 e. The van der Waals surface area contributed by atoms with Crippen LogP contribution < -0.4 is 5.30 Å². The number of hydrogen-bond acceptors (Lipinski definition) is 0. The molecule has 8 heteroatoms. The zero-order valence-electron chi connectivity index (χ0n) is 11.9. The molecule has 0 amide bonds. The predicted octanol–water partition coefficient (Wildman–Crippen LogP) is 5.81. The summed E-state index contributed by atoms with van der Waals surface area (Å²) in [6.07, 6.45) is -4.24. The third kappa shape index (κ3) is 4.34. The molecule has 0 aliphatic carbocycles. The summed E-state index contributed by atoms with van der Waals surface area (Å²) in [5.74, 6) is -3.04. The highest BCUT2D eigenvalue weighted by Crippen LogP contribution is 2.59. The summed E-state index contributed by atoms with van der Waals surface area (Å²) >= 11 is 0. The highest BCUT2D eigenvalue weighted by molar-refractivity contribution is 7.66. The molecule has 0 spiro atoms. The third-order valence-corrected chi connectivity index (χ3v) is 5.76. The van der Waals surface area contributed by atoms with Crippen LogP contribution in [0.1, 0.15) is 32.6 Å². The van der Waals surface area contributed by atoms with Gasteiger partial charge in [0.1, 0.15) is 0 Å². The van der Waals surface area contributed by atoms with Crippen LogP contribution in [-0.2, 0) is 0 Å². The van der Waals surface area contributed by atoms with Crippen molar-refractivity contribution in [3.8, 4) is 0 Å². The Bertz CT molecular complexity index is 485. The van der Waals surface area contributed by atoms with Crippen molar-refractivity contribution in [3.05, 3.63) is 29.8 Å². The van der Waals surface area contributed by atoms with Crippen molar-refractivity contribution in [1.82, 2.24) is 0 Å². The fourth-order valence-electron chi connectivity index (χ4n) is 1.96. The number of benzene rings is 1. The average molecular weight is 348 g/mol. The lowest BCUT2D eigenvalue weighted by molar-refractivity contribution is -0.240. The Morgan fingerprint density at radius 2 is 1.59 bits per heavy atom. The Labute approximate surface area is 125 Å². The van der Waals surface area contributed by atoms with E-state index in [0.717, 1.165) is 18.6 Å². The van der Waals surface area contributed by atoms with Gasteiger partial charge >= 0.3 is 11.8 Å². The van der Waals surface area contributed by atoms with Crippen molar-refractivity contribution >= 4 is 13.2 Å². The monoisotopic (exact) mass is 348 g/mol. The van der Waals surface area contributed by atoms with E-state index in [1.807, 2.05) is 6.92 Å². The summed E-state index contributed by atoms with van der Waals surface area (Å²) in [6.45, 7) is 1.86. The molecule has 126 valence electrons. The van der Waals surface area contributed by atoms with Crippen molar-refractivity contribution in [2.45, 2.75) is 44.4 Å². The molecule has 0 aromatic heterocycles. The summed E-state index contributed by atoms with van der Waals surface area (Å²) in [6, 6.07) is 2.44. The van der Waals surface area contributed by atoms with Gasteiger partial charge in [0, 0.05) is 13.2 Å². The largest absolute Gasteiger partial charge is 0.457 e. The first-order valence-corrected chi connectivity index (χ1v) is 8.31. The topological polar surface area (TPSA) is 0 Å². The minimum absolute atomic E-state index is 0.112. The molecule has 0 N–H and O–H groups in total. The Morgan fingerprint density at radius 3 is 2.14 bits per heavy atom. The van der Waals surface area contributed by atoms with E-state index < -0.39 is 42.9 Å². The standard InChI is InChI=1S/C14H16F7P/c1-2-3-4-5-9-22(14(20,21)13(17,18)19)11-8-6-7-10(15)12(11)16/h6-8H,2-5,9H2,1H3. The predicted molar refractivity (Wildman–Crippen MR) is 72.9 cm³/mol. The van der Waals surface area contributed by atoms with E-state index in [2.05, 4.69) is 0 Å². The molecule has 1 atom stereocenters. The molecule has 0 radical (unpaired) electrons. The van der Waals surface area contributed by atoms with E-state index in [9.17, 15) is 30.7 Å². The third-order valence-electron chi connectivity index (χ3n) is 3.14. The second-order valence-electron chi connectivity index (χ2n) is 4.82. The lowest BCUT2D eigenvalue weighted by Crippen LogP contribution is -2.38. The highest BCUT2D eigenvalue weighted by atomic mass is 31.1. The lowest BCUT2D eigenvalue weighted by atomic mass is 10.2. The molecule has 0 aliphatic heterocycles. The fourth-order valence-corrected chi connectivity index (χ4v) is 4.24. The molecule has 0 saturated heterocycles. The van der Waals surface area contributed by atoms with Gasteiger partial charge < -0.3 is 0 Å². The van der Waals surface area contributed by atoms with E-state index in [0.29, 0.717) is 18.9 Å². The van der Waals surface area contributed by atoms with Gasteiger partial charge in [-0.1, -0.05) is 38.3 Å². The van der Waals surface area contributed by atoms with Crippen LogP contribution in [0.3, 0.4) is 0 Å². The first-order chi connectivity index (χ1) is 10.1. The molecular formula is C14H16F7P. The molecule has 1 rings (SSSR count). The lowest BCUT2D eigenvalue weighted by Gasteiger charge is -2.29. The zero-order chi connectivity index (χ0) is 17.0. The summed E-state index contributed by atoms with van der Waals surface area (Å²) in [5.41, 5.74) is -5.05. The van der Waals surface area contributed by atoms with Gasteiger partial charge in [-0.3, -0.25) is 0 Å². The molecule has 1 aromatic carbocycles. The number of alkyl halides is 5. The van der Waals surface area contributed by atoms with E-state index >= 15 is 0 Å². The Balaban J connectivity index is 3.14. The fraction of sp³-hybridized carbons (Fsp3) is 0.571. The minimum atomic E-state index is -5.79. The van der Waals surface area contributed by atoms with Crippen LogP contribution in [0.15, 0.2) is 18.2 Å². The summed E-state index contributed by atoms with van der Waals surface area (Å²) < 4.78 is 92.2. The highest BCUT2D eigenvalue weighted by Gasteiger charge is 2.62. The Morgan fingerprint density at radius 1 is 0.955 bits per heavy atom. The van der Waals surface area contributed by atoms with Crippen LogP contribution in [0.4, 0.5) is 30.7 Å². The van der Waals surface area contributed by atoms with Crippen LogP contribution >= 0.6 is 7.92 Å². The second-order valence-corrected chi connectivity index (χ2v) is 7.17.